The van der Waals surface area contributed by atoms with Gasteiger partial charge in [0.15, 0.2) is 0 Å². The highest BCUT2D eigenvalue weighted by atomic mass is 19.1. The maximum Gasteiger partial charge on any atom is 0.270 e. The van der Waals surface area contributed by atoms with Crippen LogP contribution >= 0.6 is 0 Å². The number of fused-ring (bicyclic) bond motifs is 1. The van der Waals surface area contributed by atoms with Crippen LogP contribution in [0, 0.1) is 5.82 Å². The van der Waals surface area contributed by atoms with Gasteiger partial charge in [0.2, 0.25) is 0 Å². The number of aromatic amines is 1. The molecule has 0 aliphatic carbocycles. The average Bonchev–Trinajstić information content (AvgIpc) is 2.89. The van der Waals surface area contributed by atoms with Crippen molar-refractivity contribution >= 4 is 16.8 Å². The van der Waals surface area contributed by atoms with Crippen LogP contribution in [0.25, 0.3) is 10.9 Å². The Morgan fingerprint density at radius 2 is 2.35 bits per heavy atom. The van der Waals surface area contributed by atoms with Gasteiger partial charge in [-0.15, -0.1) is 0 Å². The highest BCUT2D eigenvalue weighted by Gasteiger charge is 2.24. The summed E-state index contributed by atoms with van der Waals surface area (Å²) in [7, 11) is 0. The largest absolute Gasteiger partial charge is 0.375 e. The fourth-order valence-corrected chi connectivity index (χ4v) is 2.54. The molecule has 0 radical (unpaired) electrons. The molecule has 3 rings (SSSR count). The molecule has 2 heterocycles. The van der Waals surface area contributed by atoms with Crippen LogP contribution in [-0.4, -0.2) is 41.6 Å². The summed E-state index contributed by atoms with van der Waals surface area (Å²) in [6.07, 6.45) is 0.997. The van der Waals surface area contributed by atoms with Gasteiger partial charge in [0.1, 0.15) is 11.5 Å². The molecule has 0 saturated carbocycles. The van der Waals surface area contributed by atoms with Crippen molar-refractivity contribution in [1.29, 1.82) is 0 Å². The maximum absolute atomic E-state index is 13.2. The van der Waals surface area contributed by atoms with Gasteiger partial charge < -0.3 is 14.6 Å². The van der Waals surface area contributed by atoms with Crippen LogP contribution in [0.2, 0.25) is 0 Å². The van der Waals surface area contributed by atoms with Crippen LogP contribution in [0.5, 0.6) is 0 Å². The number of aromatic nitrogens is 1. The second-order valence-corrected chi connectivity index (χ2v) is 5.07. The zero-order chi connectivity index (χ0) is 14.1. The van der Waals surface area contributed by atoms with Crippen molar-refractivity contribution in [3.05, 3.63) is 35.8 Å². The minimum Gasteiger partial charge on any atom is -0.375 e. The lowest BCUT2D eigenvalue weighted by molar-refractivity contribution is -0.0227. The number of ether oxygens (including phenoxy) is 1. The van der Waals surface area contributed by atoms with Gasteiger partial charge in [-0.05, 0) is 30.7 Å². The van der Waals surface area contributed by atoms with Gasteiger partial charge in [-0.25, -0.2) is 4.39 Å². The third kappa shape index (κ3) is 2.41. The van der Waals surface area contributed by atoms with E-state index in [2.05, 4.69) is 4.98 Å². The number of benzene rings is 1. The molecular formula is C15H17FN2O2. The van der Waals surface area contributed by atoms with E-state index in [0.29, 0.717) is 30.8 Å². The quantitative estimate of drug-likeness (QED) is 0.916. The molecule has 0 spiro atoms. The van der Waals surface area contributed by atoms with E-state index in [-0.39, 0.29) is 17.8 Å². The summed E-state index contributed by atoms with van der Waals surface area (Å²) in [5, 5.41) is 0.716. The lowest BCUT2D eigenvalue weighted by atomic mass is 10.2. The van der Waals surface area contributed by atoms with Gasteiger partial charge in [-0.1, -0.05) is 6.92 Å². The molecule has 0 bridgehead atoms. The standard InChI is InChI=1S/C15H17FN2O2/c1-2-12-9-18(5-6-20-12)15(19)14-8-10-7-11(16)3-4-13(10)17-14/h3-4,7-8,12,17H,2,5-6,9H2,1H3. The molecule has 20 heavy (non-hydrogen) atoms. The first-order valence-corrected chi connectivity index (χ1v) is 6.86. The molecule has 1 atom stereocenters. The van der Waals surface area contributed by atoms with Gasteiger partial charge in [-0.3, -0.25) is 4.79 Å². The van der Waals surface area contributed by atoms with Crippen molar-refractivity contribution in [1.82, 2.24) is 9.88 Å². The van der Waals surface area contributed by atoms with E-state index >= 15 is 0 Å². The van der Waals surface area contributed by atoms with E-state index in [1.54, 1.807) is 17.0 Å². The number of carbonyl (C=O) groups is 1. The third-order valence-corrected chi connectivity index (χ3v) is 3.69. The van der Waals surface area contributed by atoms with Gasteiger partial charge >= 0.3 is 0 Å². The van der Waals surface area contributed by atoms with Gasteiger partial charge in [0, 0.05) is 24.0 Å². The van der Waals surface area contributed by atoms with Crippen LogP contribution in [0.1, 0.15) is 23.8 Å². The molecule has 1 aromatic heterocycles. The van der Waals surface area contributed by atoms with Gasteiger partial charge in [-0.2, -0.15) is 0 Å². The van der Waals surface area contributed by atoms with E-state index in [1.165, 1.54) is 12.1 Å². The van der Waals surface area contributed by atoms with Crippen molar-refractivity contribution in [3.8, 4) is 0 Å². The third-order valence-electron chi connectivity index (χ3n) is 3.69. The Balaban J connectivity index is 1.84. The lowest BCUT2D eigenvalue weighted by Crippen LogP contribution is -2.45. The molecular weight excluding hydrogens is 259 g/mol. The second-order valence-electron chi connectivity index (χ2n) is 5.07. The molecule has 2 aromatic rings. The molecule has 1 unspecified atom stereocenters. The number of hydrogen-bond donors (Lipinski definition) is 1. The topological polar surface area (TPSA) is 45.3 Å². The summed E-state index contributed by atoms with van der Waals surface area (Å²) in [5.41, 5.74) is 1.28. The maximum atomic E-state index is 13.2. The van der Waals surface area contributed by atoms with E-state index in [4.69, 9.17) is 4.74 Å². The first kappa shape index (κ1) is 13.1. The number of morpholine rings is 1. The number of nitrogens with zero attached hydrogens (tertiary/aromatic N) is 1. The van der Waals surface area contributed by atoms with Crippen molar-refractivity contribution < 1.29 is 13.9 Å². The average molecular weight is 276 g/mol. The van der Waals surface area contributed by atoms with E-state index in [1.807, 2.05) is 6.92 Å². The highest BCUT2D eigenvalue weighted by Crippen LogP contribution is 2.19. The fourth-order valence-electron chi connectivity index (χ4n) is 2.54. The number of amides is 1. The van der Waals surface area contributed by atoms with Crippen molar-refractivity contribution in [2.75, 3.05) is 19.7 Å². The van der Waals surface area contributed by atoms with Crippen LogP contribution in [0.4, 0.5) is 4.39 Å². The first-order chi connectivity index (χ1) is 9.67. The molecule has 1 aliphatic heterocycles. The Bertz CT molecular complexity index is 638. The molecule has 1 N–H and O–H groups in total. The molecule has 5 heteroatoms. The van der Waals surface area contributed by atoms with Crippen LogP contribution in [0.3, 0.4) is 0 Å². The summed E-state index contributed by atoms with van der Waals surface area (Å²) >= 11 is 0. The minimum absolute atomic E-state index is 0.0524. The molecule has 106 valence electrons. The summed E-state index contributed by atoms with van der Waals surface area (Å²) in [6, 6.07) is 6.17. The Morgan fingerprint density at radius 1 is 1.50 bits per heavy atom. The molecule has 1 aliphatic rings. The Morgan fingerprint density at radius 3 is 3.15 bits per heavy atom. The van der Waals surface area contributed by atoms with Crippen LogP contribution < -0.4 is 0 Å². The Hall–Kier alpha value is -1.88. The van der Waals surface area contributed by atoms with Crippen LogP contribution in [-0.2, 0) is 4.74 Å². The second kappa shape index (κ2) is 5.25. The number of carbonyl (C=O) groups excluding carboxylic acids is 1. The van der Waals surface area contributed by atoms with E-state index in [9.17, 15) is 9.18 Å². The molecule has 1 fully saturated rings. The normalized spacial score (nSPS) is 19.5. The molecule has 1 aromatic carbocycles. The van der Waals surface area contributed by atoms with Crippen molar-refractivity contribution in [2.24, 2.45) is 0 Å². The monoisotopic (exact) mass is 276 g/mol. The Labute approximate surface area is 116 Å². The summed E-state index contributed by atoms with van der Waals surface area (Å²) in [4.78, 5) is 17.3. The number of hydrogen-bond acceptors (Lipinski definition) is 2. The van der Waals surface area contributed by atoms with Crippen molar-refractivity contribution in [3.63, 3.8) is 0 Å². The highest BCUT2D eigenvalue weighted by molar-refractivity contribution is 5.98. The SMILES string of the molecule is CCC1CN(C(=O)c2cc3cc(F)ccc3[nH]2)CCO1. The van der Waals surface area contributed by atoms with Crippen molar-refractivity contribution in [2.45, 2.75) is 19.4 Å². The summed E-state index contributed by atoms with van der Waals surface area (Å²) in [5.74, 6) is -0.351. The first-order valence-electron chi connectivity index (χ1n) is 6.86. The van der Waals surface area contributed by atoms with Crippen LogP contribution in [0.15, 0.2) is 24.3 Å². The molecule has 1 amide bonds. The lowest BCUT2D eigenvalue weighted by Gasteiger charge is -2.32. The fraction of sp³-hybridized carbons (Fsp3) is 0.400. The predicted molar refractivity (Wildman–Crippen MR) is 74.2 cm³/mol. The predicted octanol–water partition coefficient (Wildman–Crippen LogP) is 2.56. The number of rotatable bonds is 2. The zero-order valence-corrected chi connectivity index (χ0v) is 11.4. The van der Waals surface area contributed by atoms with E-state index < -0.39 is 0 Å². The van der Waals surface area contributed by atoms with Gasteiger partial charge in [0.25, 0.3) is 5.91 Å². The number of halogens is 1. The minimum atomic E-state index is -0.298. The number of H-pyrrole nitrogens is 1. The summed E-state index contributed by atoms with van der Waals surface area (Å²) < 4.78 is 18.7. The van der Waals surface area contributed by atoms with E-state index in [0.717, 1.165) is 11.9 Å². The summed E-state index contributed by atoms with van der Waals surface area (Å²) in [6.45, 7) is 3.82. The number of nitrogens with one attached hydrogen (secondary N) is 1. The Kier molecular flexibility index (Phi) is 3.44. The molecule has 1 saturated heterocycles. The molecule has 4 nitrogen and oxygen atoms in total. The smallest absolute Gasteiger partial charge is 0.270 e. The van der Waals surface area contributed by atoms with Gasteiger partial charge in [0.05, 0.1) is 12.7 Å². The zero-order valence-electron chi connectivity index (χ0n) is 11.4.